The fourth-order valence-corrected chi connectivity index (χ4v) is 4.69. The van der Waals surface area contributed by atoms with Crippen LogP contribution in [0.25, 0.3) is 0 Å². The van der Waals surface area contributed by atoms with Crippen LogP contribution in [0.5, 0.6) is 23.0 Å². The minimum absolute atomic E-state index is 0.173. The Morgan fingerprint density at radius 2 is 1.92 bits per heavy atom. The van der Waals surface area contributed by atoms with E-state index < -0.39 is 0 Å². The number of hydrogen-bond donors (Lipinski definition) is 1. The quantitative estimate of drug-likeness (QED) is 0.345. The molecule has 0 radical (unpaired) electrons. The zero-order valence-corrected chi connectivity index (χ0v) is 21.6. The number of nitrogens with one attached hydrogen (secondary N) is 1. The molecule has 36 heavy (non-hydrogen) atoms. The molecule has 4 rings (SSSR count). The number of aromatic nitrogens is 1. The molecule has 9 nitrogen and oxygen atoms in total. The van der Waals surface area contributed by atoms with E-state index in [1.54, 1.807) is 26.7 Å². The first-order valence-corrected chi connectivity index (χ1v) is 12.5. The molecule has 10 heteroatoms. The van der Waals surface area contributed by atoms with Gasteiger partial charge in [0.1, 0.15) is 22.2 Å². The molecule has 0 spiro atoms. The average molecular weight is 514 g/mol. The molecule has 1 aliphatic rings. The SMILES string of the molecule is COCCCNC(=O)c1csc(CN(Cc2ccc3c(c2)OCO3)Cc2ccc(OC)cc2OC)n1. The van der Waals surface area contributed by atoms with Gasteiger partial charge in [0.2, 0.25) is 6.79 Å². The van der Waals surface area contributed by atoms with Gasteiger partial charge in [-0.1, -0.05) is 12.1 Å². The number of amides is 1. The maximum absolute atomic E-state index is 12.5. The predicted octanol–water partition coefficient (Wildman–Crippen LogP) is 3.86. The number of benzene rings is 2. The standard InChI is InChI=1S/C26H31N3O6S/c1-31-10-4-9-27-26(30)21-16-36-25(28-21)15-29(13-18-5-8-22-24(11-18)35-17-34-22)14-19-6-7-20(32-2)12-23(19)33-3/h5-8,11-12,16H,4,9-10,13-15,17H2,1-3H3,(H,27,30). The second-order valence-electron chi connectivity index (χ2n) is 8.24. The lowest BCUT2D eigenvalue weighted by molar-refractivity contribution is 0.0944. The second-order valence-corrected chi connectivity index (χ2v) is 9.18. The Morgan fingerprint density at radius 3 is 2.72 bits per heavy atom. The molecule has 0 saturated heterocycles. The van der Waals surface area contributed by atoms with E-state index in [0.29, 0.717) is 38.5 Å². The Balaban J connectivity index is 1.50. The molecule has 0 atom stereocenters. The Labute approximate surface area is 214 Å². The van der Waals surface area contributed by atoms with Crippen molar-refractivity contribution in [1.82, 2.24) is 15.2 Å². The molecular weight excluding hydrogens is 482 g/mol. The summed E-state index contributed by atoms with van der Waals surface area (Å²) < 4.78 is 27.0. The minimum atomic E-state index is -0.173. The van der Waals surface area contributed by atoms with E-state index in [0.717, 1.165) is 45.6 Å². The molecule has 1 aromatic heterocycles. The molecule has 192 valence electrons. The summed E-state index contributed by atoms with van der Waals surface area (Å²) in [5.74, 6) is 2.81. The highest BCUT2D eigenvalue weighted by atomic mass is 32.1. The number of ether oxygens (including phenoxy) is 5. The van der Waals surface area contributed by atoms with Crippen molar-refractivity contribution < 1.29 is 28.5 Å². The van der Waals surface area contributed by atoms with Crippen molar-refractivity contribution in [2.24, 2.45) is 0 Å². The molecule has 0 unspecified atom stereocenters. The number of methoxy groups -OCH3 is 3. The van der Waals surface area contributed by atoms with Gasteiger partial charge in [-0.25, -0.2) is 4.98 Å². The Hall–Kier alpha value is -3.34. The topological polar surface area (TPSA) is 91.4 Å². The summed E-state index contributed by atoms with van der Waals surface area (Å²) in [5, 5.41) is 5.54. The van der Waals surface area contributed by atoms with E-state index in [-0.39, 0.29) is 12.7 Å². The van der Waals surface area contributed by atoms with Crippen LogP contribution in [-0.4, -0.2) is 57.1 Å². The first-order chi connectivity index (χ1) is 17.6. The van der Waals surface area contributed by atoms with Crippen molar-refractivity contribution in [1.29, 1.82) is 0 Å². The molecule has 3 aromatic rings. The third-order valence-corrected chi connectivity index (χ3v) is 6.52. The van der Waals surface area contributed by atoms with Crippen molar-refractivity contribution in [2.75, 3.05) is 41.3 Å². The van der Waals surface area contributed by atoms with Gasteiger partial charge in [-0.15, -0.1) is 11.3 Å². The van der Waals surface area contributed by atoms with Crippen LogP contribution >= 0.6 is 11.3 Å². The average Bonchev–Trinajstić information content (AvgIpc) is 3.56. The van der Waals surface area contributed by atoms with Crippen LogP contribution in [0.2, 0.25) is 0 Å². The van der Waals surface area contributed by atoms with Gasteiger partial charge in [0, 0.05) is 50.4 Å². The summed E-state index contributed by atoms with van der Waals surface area (Å²) in [7, 11) is 4.93. The molecule has 0 fully saturated rings. The summed E-state index contributed by atoms with van der Waals surface area (Å²) in [6.45, 7) is 3.20. The van der Waals surface area contributed by atoms with Crippen LogP contribution < -0.4 is 24.3 Å². The van der Waals surface area contributed by atoms with Crippen LogP contribution in [0, 0.1) is 0 Å². The summed E-state index contributed by atoms with van der Waals surface area (Å²) >= 11 is 1.47. The Morgan fingerprint density at radius 1 is 1.06 bits per heavy atom. The molecule has 0 saturated carbocycles. The van der Waals surface area contributed by atoms with E-state index in [9.17, 15) is 4.79 Å². The van der Waals surface area contributed by atoms with Crippen LogP contribution in [0.1, 0.15) is 33.0 Å². The van der Waals surface area contributed by atoms with Gasteiger partial charge in [-0.3, -0.25) is 9.69 Å². The Kier molecular flexibility index (Phi) is 8.99. The zero-order chi connectivity index (χ0) is 25.3. The normalized spacial score (nSPS) is 12.1. The van der Waals surface area contributed by atoms with E-state index in [1.807, 2.05) is 36.4 Å². The van der Waals surface area contributed by atoms with Crippen molar-refractivity contribution in [3.8, 4) is 23.0 Å². The summed E-state index contributed by atoms with van der Waals surface area (Å²) in [5.41, 5.74) is 2.53. The second kappa shape index (κ2) is 12.6. The van der Waals surface area contributed by atoms with E-state index >= 15 is 0 Å². The number of hydrogen-bond acceptors (Lipinski definition) is 9. The van der Waals surface area contributed by atoms with Crippen LogP contribution in [0.15, 0.2) is 41.8 Å². The molecule has 1 N–H and O–H groups in total. The first-order valence-electron chi connectivity index (χ1n) is 11.6. The zero-order valence-electron chi connectivity index (χ0n) is 20.7. The first kappa shape index (κ1) is 25.7. The summed E-state index contributed by atoms with van der Waals surface area (Å²) in [6, 6.07) is 11.8. The maximum Gasteiger partial charge on any atom is 0.270 e. The third-order valence-electron chi connectivity index (χ3n) is 5.69. The van der Waals surface area contributed by atoms with E-state index in [1.165, 1.54) is 11.3 Å². The predicted molar refractivity (Wildman–Crippen MR) is 136 cm³/mol. The van der Waals surface area contributed by atoms with E-state index in [4.69, 9.17) is 23.7 Å². The van der Waals surface area contributed by atoms with Gasteiger partial charge < -0.3 is 29.0 Å². The lowest BCUT2D eigenvalue weighted by atomic mass is 10.1. The van der Waals surface area contributed by atoms with Gasteiger partial charge in [0.15, 0.2) is 11.5 Å². The van der Waals surface area contributed by atoms with Gasteiger partial charge in [0.05, 0.1) is 20.8 Å². The molecule has 1 aliphatic heterocycles. The maximum atomic E-state index is 12.5. The van der Waals surface area contributed by atoms with Gasteiger partial charge >= 0.3 is 0 Å². The largest absolute Gasteiger partial charge is 0.497 e. The van der Waals surface area contributed by atoms with Gasteiger partial charge in [0.25, 0.3) is 5.91 Å². The van der Waals surface area contributed by atoms with Crippen LogP contribution in [-0.2, 0) is 24.4 Å². The van der Waals surface area contributed by atoms with Gasteiger partial charge in [-0.2, -0.15) is 0 Å². The third kappa shape index (κ3) is 6.66. The monoisotopic (exact) mass is 513 g/mol. The highest BCUT2D eigenvalue weighted by molar-refractivity contribution is 7.09. The molecule has 0 aliphatic carbocycles. The highest BCUT2D eigenvalue weighted by Gasteiger charge is 2.18. The molecule has 2 heterocycles. The lowest BCUT2D eigenvalue weighted by Crippen LogP contribution is -2.26. The van der Waals surface area contributed by atoms with Crippen LogP contribution in [0.3, 0.4) is 0 Å². The molecule has 1 amide bonds. The van der Waals surface area contributed by atoms with Gasteiger partial charge in [-0.05, 0) is 30.2 Å². The Bertz CT molecular complexity index is 1170. The minimum Gasteiger partial charge on any atom is -0.497 e. The van der Waals surface area contributed by atoms with Crippen molar-refractivity contribution in [3.63, 3.8) is 0 Å². The number of carbonyl (C=O) groups is 1. The molecule has 0 bridgehead atoms. The fraction of sp³-hybridized carbons (Fsp3) is 0.385. The number of rotatable bonds is 13. The van der Waals surface area contributed by atoms with Crippen molar-refractivity contribution >= 4 is 17.2 Å². The van der Waals surface area contributed by atoms with E-state index in [2.05, 4.69) is 15.2 Å². The lowest BCUT2D eigenvalue weighted by Gasteiger charge is -2.23. The molecular formula is C26H31N3O6S. The summed E-state index contributed by atoms with van der Waals surface area (Å²) in [6.07, 6.45) is 0.756. The fourth-order valence-electron chi connectivity index (χ4n) is 3.88. The van der Waals surface area contributed by atoms with Crippen molar-refractivity contribution in [3.05, 3.63) is 63.6 Å². The number of fused-ring (bicyclic) bond motifs is 1. The molecule has 2 aromatic carbocycles. The number of thiazole rings is 1. The number of nitrogens with zero attached hydrogens (tertiary/aromatic N) is 2. The highest BCUT2D eigenvalue weighted by Crippen LogP contribution is 2.33. The summed E-state index contributed by atoms with van der Waals surface area (Å²) in [4.78, 5) is 19.3. The number of carbonyl (C=O) groups excluding carboxylic acids is 1. The van der Waals surface area contributed by atoms with Crippen molar-refractivity contribution in [2.45, 2.75) is 26.1 Å². The smallest absolute Gasteiger partial charge is 0.270 e. The van der Waals surface area contributed by atoms with Crippen LogP contribution in [0.4, 0.5) is 0 Å².